The molecule has 0 saturated carbocycles. The molecule has 5 heteroatoms. The average Bonchev–Trinajstić information content (AvgIpc) is 2.77. The van der Waals surface area contributed by atoms with Gasteiger partial charge in [0, 0.05) is 25.3 Å². The van der Waals surface area contributed by atoms with Crippen molar-refractivity contribution in [3.05, 3.63) is 24.4 Å². The third-order valence-corrected chi connectivity index (χ3v) is 2.71. The molecule has 2 aromatic rings. The molecule has 2 N–H and O–H groups in total. The van der Waals surface area contributed by atoms with Gasteiger partial charge >= 0.3 is 0 Å². The largest absolute Gasteiger partial charge is 0.377 e. The van der Waals surface area contributed by atoms with Crippen LogP contribution in [0.15, 0.2) is 24.4 Å². The number of hydrogen-bond donors (Lipinski definition) is 2. The molecule has 92 valence electrons. The van der Waals surface area contributed by atoms with Crippen LogP contribution in [0.1, 0.15) is 6.92 Å². The second kappa shape index (κ2) is 5.16. The first-order chi connectivity index (χ1) is 8.24. The first-order valence-electron chi connectivity index (χ1n) is 5.50. The Morgan fingerprint density at radius 3 is 2.76 bits per heavy atom. The van der Waals surface area contributed by atoms with Gasteiger partial charge < -0.3 is 14.8 Å². The fourth-order valence-electron chi connectivity index (χ4n) is 1.86. The van der Waals surface area contributed by atoms with Gasteiger partial charge in [-0.25, -0.2) is 0 Å². The van der Waals surface area contributed by atoms with Crippen LogP contribution < -0.4 is 5.32 Å². The van der Waals surface area contributed by atoms with E-state index in [9.17, 15) is 0 Å². The molecule has 0 saturated heterocycles. The monoisotopic (exact) mass is 235 g/mol. The summed E-state index contributed by atoms with van der Waals surface area (Å²) in [5, 5.41) is 11.3. The van der Waals surface area contributed by atoms with Crippen LogP contribution in [-0.2, 0) is 9.47 Å². The Hall–Kier alpha value is -1.59. The Bertz CT molecular complexity index is 479. The van der Waals surface area contributed by atoms with Gasteiger partial charge in [0.2, 0.25) is 0 Å². The minimum Gasteiger partial charge on any atom is -0.377 e. The van der Waals surface area contributed by atoms with E-state index >= 15 is 0 Å². The molecule has 2 rings (SSSR count). The first-order valence-corrected chi connectivity index (χ1v) is 5.50. The zero-order chi connectivity index (χ0) is 12.3. The Morgan fingerprint density at radius 1 is 1.29 bits per heavy atom. The van der Waals surface area contributed by atoms with Crippen LogP contribution in [0.4, 0.5) is 5.69 Å². The highest BCUT2D eigenvalue weighted by Gasteiger charge is 2.15. The lowest BCUT2D eigenvalue weighted by Crippen LogP contribution is -2.33. The molecule has 0 aliphatic heterocycles. The van der Waals surface area contributed by atoms with E-state index in [1.165, 1.54) is 0 Å². The molecule has 1 atom stereocenters. The highest BCUT2D eigenvalue weighted by atomic mass is 16.7. The van der Waals surface area contributed by atoms with E-state index in [1.807, 2.05) is 25.1 Å². The molecular weight excluding hydrogens is 218 g/mol. The summed E-state index contributed by atoms with van der Waals surface area (Å²) in [6, 6.07) is 6.10. The first kappa shape index (κ1) is 11.9. The van der Waals surface area contributed by atoms with Crippen LogP contribution in [0, 0.1) is 0 Å². The summed E-state index contributed by atoms with van der Waals surface area (Å²) < 4.78 is 10.4. The summed E-state index contributed by atoms with van der Waals surface area (Å²) >= 11 is 0. The van der Waals surface area contributed by atoms with Crippen molar-refractivity contribution >= 4 is 16.6 Å². The third kappa shape index (κ3) is 2.57. The van der Waals surface area contributed by atoms with E-state index < -0.39 is 0 Å². The van der Waals surface area contributed by atoms with E-state index in [-0.39, 0.29) is 12.3 Å². The molecule has 1 aromatic heterocycles. The quantitative estimate of drug-likeness (QED) is 0.778. The molecule has 17 heavy (non-hydrogen) atoms. The van der Waals surface area contributed by atoms with Crippen LogP contribution >= 0.6 is 0 Å². The van der Waals surface area contributed by atoms with Gasteiger partial charge in [-0.15, -0.1) is 0 Å². The zero-order valence-corrected chi connectivity index (χ0v) is 10.2. The Morgan fingerprint density at radius 2 is 2.06 bits per heavy atom. The summed E-state index contributed by atoms with van der Waals surface area (Å²) in [7, 11) is 3.26. The normalized spacial score (nSPS) is 13.2. The molecule has 0 spiro atoms. The van der Waals surface area contributed by atoms with Crippen molar-refractivity contribution in [3.8, 4) is 0 Å². The lowest BCUT2D eigenvalue weighted by molar-refractivity contribution is -0.109. The van der Waals surface area contributed by atoms with Gasteiger partial charge in [0.05, 0.1) is 17.8 Å². The van der Waals surface area contributed by atoms with E-state index in [4.69, 9.17) is 9.47 Å². The summed E-state index contributed by atoms with van der Waals surface area (Å²) in [4.78, 5) is 0. The van der Waals surface area contributed by atoms with Crippen molar-refractivity contribution in [1.82, 2.24) is 10.2 Å². The SMILES string of the molecule is COC(OC)C(C)Nc1ccc2cn[nH]c2c1. The molecular formula is C12H17N3O2. The molecule has 0 aliphatic rings. The number of H-pyrrole nitrogens is 1. The Labute approximate surface area is 100 Å². The topological polar surface area (TPSA) is 59.2 Å². The van der Waals surface area contributed by atoms with E-state index in [0.717, 1.165) is 16.6 Å². The highest BCUT2D eigenvalue weighted by Crippen LogP contribution is 2.18. The van der Waals surface area contributed by atoms with E-state index in [2.05, 4.69) is 15.5 Å². The van der Waals surface area contributed by atoms with Gasteiger partial charge in [-0.05, 0) is 25.1 Å². The van der Waals surface area contributed by atoms with Crippen LogP contribution in [0.25, 0.3) is 10.9 Å². The number of fused-ring (bicyclic) bond motifs is 1. The third-order valence-electron chi connectivity index (χ3n) is 2.71. The minimum atomic E-state index is -0.271. The van der Waals surface area contributed by atoms with Gasteiger partial charge in [0.1, 0.15) is 0 Å². The second-order valence-corrected chi connectivity index (χ2v) is 3.94. The van der Waals surface area contributed by atoms with Crippen molar-refractivity contribution in [1.29, 1.82) is 0 Å². The smallest absolute Gasteiger partial charge is 0.176 e. The number of nitrogens with one attached hydrogen (secondary N) is 2. The molecule has 1 heterocycles. The number of rotatable bonds is 5. The van der Waals surface area contributed by atoms with Gasteiger partial charge in [0.25, 0.3) is 0 Å². The molecule has 5 nitrogen and oxygen atoms in total. The fraction of sp³-hybridized carbons (Fsp3) is 0.417. The molecule has 1 unspecified atom stereocenters. The number of benzene rings is 1. The maximum Gasteiger partial charge on any atom is 0.176 e. The van der Waals surface area contributed by atoms with E-state index in [0.29, 0.717) is 0 Å². The maximum absolute atomic E-state index is 5.20. The molecule has 0 aliphatic carbocycles. The van der Waals surface area contributed by atoms with Gasteiger partial charge in [0.15, 0.2) is 6.29 Å². The van der Waals surface area contributed by atoms with Gasteiger partial charge in [-0.3, -0.25) is 5.10 Å². The standard InChI is InChI=1S/C12H17N3O2/c1-8(12(16-2)17-3)14-10-5-4-9-7-13-15-11(9)6-10/h4-8,12,14H,1-3H3,(H,13,15). The highest BCUT2D eigenvalue weighted by molar-refractivity contribution is 5.81. The Kier molecular flexibility index (Phi) is 3.61. The maximum atomic E-state index is 5.20. The predicted octanol–water partition coefficient (Wildman–Crippen LogP) is 1.98. The van der Waals surface area contributed by atoms with Crippen molar-refractivity contribution in [3.63, 3.8) is 0 Å². The van der Waals surface area contributed by atoms with Crippen LogP contribution in [0.5, 0.6) is 0 Å². The number of ether oxygens (including phenoxy) is 2. The molecule has 0 fully saturated rings. The van der Waals surface area contributed by atoms with Crippen LogP contribution in [0.3, 0.4) is 0 Å². The number of aromatic amines is 1. The number of anilines is 1. The second-order valence-electron chi connectivity index (χ2n) is 3.94. The molecule has 0 amide bonds. The number of nitrogens with zero attached hydrogens (tertiary/aromatic N) is 1. The summed E-state index contributed by atoms with van der Waals surface area (Å²) in [6.45, 7) is 2.01. The van der Waals surface area contributed by atoms with Crippen molar-refractivity contribution in [2.75, 3.05) is 19.5 Å². The average molecular weight is 235 g/mol. The van der Waals surface area contributed by atoms with Gasteiger partial charge in [-0.2, -0.15) is 5.10 Å². The number of aromatic nitrogens is 2. The van der Waals surface area contributed by atoms with Gasteiger partial charge in [-0.1, -0.05) is 0 Å². The van der Waals surface area contributed by atoms with Crippen LogP contribution in [0.2, 0.25) is 0 Å². The zero-order valence-electron chi connectivity index (χ0n) is 10.2. The van der Waals surface area contributed by atoms with Crippen LogP contribution in [-0.4, -0.2) is 36.7 Å². The van der Waals surface area contributed by atoms with Crippen molar-refractivity contribution < 1.29 is 9.47 Å². The lowest BCUT2D eigenvalue weighted by atomic mass is 10.2. The minimum absolute atomic E-state index is 0.0605. The molecule has 0 radical (unpaired) electrons. The number of methoxy groups -OCH3 is 2. The van der Waals surface area contributed by atoms with E-state index in [1.54, 1.807) is 20.4 Å². The Balaban J connectivity index is 2.11. The fourth-order valence-corrected chi connectivity index (χ4v) is 1.86. The summed E-state index contributed by atoms with van der Waals surface area (Å²) in [5.41, 5.74) is 2.02. The molecule has 1 aromatic carbocycles. The number of hydrogen-bond acceptors (Lipinski definition) is 4. The van der Waals surface area contributed by atoms with Crippen molar-refractivity contribution in [2.45, 2.75) is 19.3 Å². The van der Waals surface area contributed by atoms with Crippen molar-refractivity contribution in [2.24, 2.45) is 0 Å². The lowest BCUT2D eigenvalue weighted by Gasteiger charge is -2.23. The summed E-state index contributed by atoms with van der Waals surface area (Å²) in [5.74, 6) is 0. The predicted molar refractivity (Wildman–Crippen MR) is 67.0 cm³/mol. The summed E-state index contributed by atoms with van der Waals surface area (Å²) in [6.07, 6.45) is 1.53. The molecule has 0 bridgehead atoms.